The number of aromatic carboxylic acids is 1. The van der Waals surface area contributed by atoms with Gasteiger partial charge >= 0.3 is 5.97 Å². The number of benzene rings is 1. The molecular formula is C10H7FO3. The van der Waals surface area contributed by atoms with Gasteiger partial charge in [-0.05, 0) is 18.2 Å². The highest BCUT2D eigenvalue weighted by Crippen LogP contribution is 2.14. The highest BCUT2D eigenvalue weighted by molar-refractivity contribution is 5.89. The van der Waals surface area contributed by atoms with Gasteiger partial charge in [0.15, 0.2) is 0 Å². The number of allylic oxidation sites excluding steroid dienone is 1. The molecule has 1 rings (SSSR count). The van der Waals surface area contributed by atoms with Gasteiger partial charge in [0.05, 0.1) is 5.56 Å². The van der Waals surface area contributed by atoms with Gasteiger partial charge in [0.1, 0.15) is 12.1 Å². The van der Waals surface area contributed by atoms with E-state index in [9.17, 15) is 14.0 Å². The SMILES string of the molecule is O=CC=Cc1cccc(C(=O)O)c1F. The first-order valence-corrected chi connectivity index (χ1v) is 3.80. The molecule has 0 unspecified atom stereocenters. The van der Waals surface area contributed by atoms with Crippen molar-refractivity contribution in [2.24, 2.45) is 0 Å². The summed E-state index contributed by atoms with van der Waals surface area (Å²) < 4.78 is 13.3. The third-order valence-corrected chi connectivity index (χ3v) is 1.61. The van der Waals surface area contributed by atoms with Crippen molar-refractivity contribution < 1.29 is 19.1 Å². The van der Waals surface area contributed by atoms with Gasteiger partial charge in [-0.2, -0.15) is 0 Å². The van der Waals surface area contributed by atoms with Crippen LogP contribution in [0.1, 0.15) is 15.9 Å². The fourth-order valence-electron chi connectivity index (χ4n) is 0.987. The maximum Gasteiger partial charge on any atom is 0.338 e. The molecule has 0 saturated carbocycles. The number of carbonyl (C=O) groups is 2. The van der Waals surface area contributed by atoms with Crippen LogP contribution in [-0.2, 0) is 4.79 Å². The summed E-state index contributed by atoms with van der Waals surface area (Å²) in [6, 6.07) is 3.97. The van der Waals surface area contributed by atoms with Crippen LogP contribution in [0.2, 0.25) is 0 Å². The van der Waals surface area contributed by atoms with Crippen molar-refractivity contribution in [3.8, 4) is 0 Å². The second-order valence-electron chi connectivity index (χ2n) is 2.51. The van der Waals surface area contributed by atoms with Crippen LogP contribution >= 0.6 is 0 Å². The van der Waals surface area contributed by atoms with Crippen molar-refractivity contribution in [1.82, 2.24) is 0 Å². The van der Waals surface area contributed by atoms with Crippen molar-refractivity contribution in [2.45, 2.75) is 0 Å². The summed E-state index contributed by atoms with van der Waals surface area (Å²) in [4.78, 5) is 20.5. The van der Waals surface area contributed by atoms with E-state index in [4.69, 9.17) is 5.11 Å². The van der Waals surface area contributed by atoms with Crippen molar-refractivity contribution >= 4 is 18.3 Å². The Bertz CT molecular complexity index is 396. The Balaban J connectivity index is 3.20. The predicted octanol–water partition coefficient (Wildman–Crippen LogP) is 1.74. The van der Waals surface area contributed by atoms with Crippen LogP contribution in [0.5, 0.6) is 0 Å². The first kappa shape index (κ1) is 10.1. The maximum atomic E-state index is 13.3. The van der Waals surface area contributed by atoms with Gasteiger partial charge < -0.3 is 5.11 Å². The van der Waals surface area contributed by atoms with Crippen LogP contribution in [0, 0.1) is 5.82 Å². The Kier molecular flexibility index (Phi) is 3.12. The minimum absolute atomic E-state index is 0.0806. The highest BCUT2D eigenvalue weighted by Gasteiger charge is 2.11. The summed E-state index contributed by atoms with van der Waals surface area (Å²) in [6.07, 6.45) is 2.81. The van der Waals surface area contributed by atoms with Crippen LogP contribution in [0.25, 0.3) is 6.08 Å². The maximum absolute atomic E-state index is 13.3. The zero-order valence-electron chi connectivity index (χ0n) is 7.11. The van der Waals surface area contributed by atoms with Crippen LogP contribution < -0.4 is 0 Å². The molecule has 0 saturated heterocycles. The standard InChI is InChI=1S/C10H7FO3/c11-9-7(4-2-6-12)3-1-5-8(9)10(13)14/h1-6H,(H,13,14). The third kappa shape index (κ3) is 2.04. The van der Waals surface area contributed by atoms with E-state index < -0.39 is 17.3 Å². The normalized spacial score (nSPS) is 10.4. The number of halogens is 1. The lowest BCUT2D eigenvalue weighted by atomic mass is 10.1. The van der Waals surface area contributed by atoms with Gasteiger partial charge in [0.25, 0.3) is 0 Å². The third-order valence-electron chi connectivity index (χ3n) is 1.61. The Labute approximate surface area is 79.5 Å². The molecule has 0 atom stereocenters. The van der Waals surface area contributed by atoms with Crippen molar-refractivity contribution in [3.63, 3.8) is 0 Å². The smallest absolute Gasteiger partial charge is 0.338 e. The van der Waals surface area contributed by atoms with E-state index in [1.54, 1.807) is 0 Å². The Hall–Kier alpha value is -1.97. The molecule has 0 aliphatic rings. The lowest BCUT2D eigenvalue weighted by Crippen LogP contribution is -2.01. The molecule has 72 valence electrons. The number of aldehydes is 1. The van der Waals surface area contributed by atoms with Gasteiger partial charge in [-0.25, -0.2) is 9.18 Å². The summed E-state index contributed by atoms with van der Waals surface area (Å²) in [6.45, 7) is 0. The lowest BCUT2D eigenvalue weighted by molar-refractivity contribution is -0.104. The fraction of sp³-hybridized carbons (Fsp3) is 0. The molecule has 0 fully saturated rings. The fourth-order valence-corrected chi connectivity index (χ4v) is 0.987. The molecule has 14 heavy (non-hydrogen) atoms. The summed E-state index contributed by atoms with van der Waals surface area (Å²) in [5.41, 5.74) is -0.324. The average molecular weight is 194 g/mol. The number of carboxylic acid groups (broad SMARTS) is 1. The Morgan fingerprint density at radius 2 is 2.14 bits per heavy atom. The Morgan fingerprint density at radius 3 is 2.71 bits per heavy atom. The molecule has 0 bridgehead atoms. The number of hydrogen-bond acceptors (Lipinski definition) is 2. The number of rotatable bonds is 3. The van der Waals surface area contributed by atoms with Crippen LogP contribution in [0.15, 0.2) is 24.3 Å². The molecule has 0 amide bonds. The molecule has 0 spiro atoms. The zero-order chi connectivity index (χ0) is 10.6. The predicted molar refractivity (Wildman–Crippen MR) is 48.5 cm³/mol. The summed E-state index contributed by atoms with van der Waals surface area (Å²) >= 11 is 0. The van der Waals surface area contributed by atoms with E-state index in [1.807, 2.05) is 0 Å². The average Bonchev–Trinajstić information content (AvgIpc) is 2.16. The summed E-state index contributed by atoms with van der Waals surface area (Å²) in [5, 5.41) is 8.58. The number of carbonyl (C=O) groups excluding carboxylic acids is 1. The summed E-state index contributed by atoms with van der Waals surface area (Å²) in [7, 11) is 0. The van der Waals surface area contributed by atoms with E-state index in [2.05, 4.69) is 0 Å². The van der Waals surface area contributed by atoms with Gasteiger partial charge in [0, 0.05) is 5.56 Å². The summed E-state index contributed by atoms with van der Waals surface area (Å²) in [5.74, 6) is -2.16. The molecule has 1 aromatic carbocycles. The molecule has 4 heteroatoms. The second kappa shape index (κ2) is 4.32. The molecule has 1 N–H and O–H groups in total. The molecule has 0 aliphatic carbocycles. The first-order chi connectivity index (χ1) is 6.66. The molecule has 0 aliphatic heterocycles. The van der Waals surface area contributed by atoms with Crippen LogP contribution in [0.3, 0.4) is 0 Å². The van der Waals surface area contributed by atoms with E-state index in [0.29, 0.717) is 6.29 Å². The number of carboxylic acids is 1. The molecule has 0 radical (unpaired) electrons. The van der Waals surface area contributed by atoms with E-state index in [-0.39, 0.29) is 5.56 Å². The quantitative estimate of drug-likeness (QED) is 0.589. The highest BCUT2D eigenvalue weighted by atomic mass is 19.1. The van der Waals surface area contributed by atoms with E-state index in [1.165, 1.54) is 18.2 Å². The minimum Gasteiger partial charge on any atom is -0.478 e. The van der Waals surface area contributed by atoms with Crippen molar-refractivity contribution in [1.29, 1.82) is 0 Å². The van der Waals surface area contributed by atoms with Crippen molar-refractivity contribution in [2.75, 3.05) is 0 Å². The van der Waals surface area contributed by atoms with Crippen molar-refractivity contribution in [3.05, 3.63) is 41.2 Å². The van der Waals surface area contributed by atoms with E-state index in [0.717, 1.165) is 12.1 Å². The van der Waals surface area contributed by atoms with Crippen LogP contribution in [0.4, 0.5) is 4.39 Å². The molecule has 0 aromatic heterocycles. The molecule has 1 aromatic rings. The molecular weight excluding hydrogens is 187 g/mol. The molecule has 3 nitrogen and oxygen atoms in total. The Morgan fingerprint density at radius 1 is 1.43 bits per heavy atom. The van der Waals surface area contributed by atoms with Gasteiger partial charge in [-0.3, -0.25) is 4.79 Å². The van der Waals surface area contributed by atoms with Gasteiger partial charge in [-0.1, -0.05) is 12.1 Å². The largest absolute Gasteiger partial charge is 0.478 e. The van der Waals surface area contributed by atoms with E-state index >= 15 is 0 Å². The number of hydrogen-bond donors (Lipinski definition) is 1. The second-order valence-corrected chi connectivity index (χ2v) is 2.51. The first-order valence-electron chi connectivity index (χ1n) is 3.80. The lowest BCUT2D eigenvalue weighted by Gasteiger charge is -1.99. The van der Waals surface area contributed by atoms with Gasteiger partial charge in [0.2, 0.25) is 0 Å². The molecule has 0 heterocycles. The zero-order valence-corrected chi connectivity index (χ0v) is 7.11. The topological polar surface area (TPSA) is 54.4 Å². The van der Waals surface area contributed by atoms with Crippen LogP contribution in [-0.4, -0.2) is 17.4 Å². The monoisotopic (exact) mass is 194 g/mol. The van der Waals surface area contributed by atoms with Gasteiger partial charge in [-0.15, -0.1) is 0 Å². The minimum atomic E-state index is -1.33.